The van der Waals surface area contributed by atoms with E-state index in [1.165, 1.54) is 24.3 Å². The van der Waals surface area contributed by atoms with Gasteiger partial charge in [-0.2, -0.15) is 0 Å². The van der Waals surface area contributed by atoms with Crippen LogP contribution >= 0.6 is 0 Å². The van der Waals surface area contributed by atoms with Crippen molar-refractivity contribution in [2.45, 2.75) is 39.3 Å². The maximum Gasteiger partial charge on any atom is 0.254 e. The number of aromatic nitrogens is 2. The molecule has 1 saturated carbocycles. The molecule has 0 radical (unpaired) electrons. The molecule has 1 heterocycles. The number of alkyl halides is 1. The number of carbonyl (C=O) groups is 2. The van der Waals surface area contributed by atoms with Gasteiger partial charge < -0.3 is 4.90 Å². The summed E-state index contributed by atoms with van der Waals surface area (Å²) in [6.45, 7) is 5.76. The van der Waals surface area contributed by atoms with Gasteiger partial charge in [0.2, 0.25) is 11.9 Å². The van der Waals surface area contributed by atoms with E-state index in [1.807, 2.05) is 32.9 Å². The van der Waals surface area contributed by atoms with Crippen LogP contribution in [0.1, 0.15) is 49.1 Å². The highest BCUT2D eigenvalue weighted by atomic mass is 19.1. The largest absolute Gasteiger partial charge is 0.332 e. The third-order valence-electron chi connectivity index (χ3n) is 4.09. The average molecular weight is 374 g/mol. The van der Waals surface area contributed by atoms with Crippen LogP contribution in [-0.2, 0) is 4.79 Å². The molecule has 0 unspecified atom stereocenters. The number of hydrogen-bond donors (Lipinski definition) is 1. The van der Waals surface area contributed by atoms with Gasteiger partial charge >= 0.3 is 0 Å². The summed E-state index contributed by atoms with van der Waals surface area (Å²) in [4.78, 5) is 33.9. The highest BCUT2D eigenvalue weighted by molar-refractivity contribution is 5.99. The van der Waals surface area contributed by atoms with E-state index in [0.29, 0.717) is 12.0 Å². The SMILES string of the molecule is CC.Cc1ccc(C(=O)N(C)CC(=O)Nc2ncccn2)c([C@@H]2C[C@H]2F)c1.[HH]. The molecule has 146 valence electrons. The summed E-state index contributed by atoms with van der Waals surface area (Å²) in [5.41, 5.74) is 2.14. The van der Waals surface area contributed by atoms with Crippen molar-refractivity contribution in [1.82, 2.24) is 14.9 Å². The zero-order chi connectivity index (χ0) is 20.0. The summed E-state index contributed by atoms with van der Waals surface area (Å²) in [7, 11) is 1.54. The van der Waals surface area contributed by atoms with E-state index in [1.54, 1.807) is 12.1 Å². The topological polar surface area (TPSA) is 75.2 Å². The summed E-state index contributed by atoms with van der Waals surface area (Å²) >= 11 is 0. The third kappa shape index (κ3) is 5.32. The van der Waals surface area contributed by atoms with Gasteiger partial charge in [0.25, 0.3) is 5.91 Å². The fourth-order valence-electron chi connectivity index (χ4n) is 2.69. The van der Waals surface area contributed by atoms with Gasteiger partial charge in [-0.15, -0.1) is 0 Å². The summed E-state index contributed by atoms with van der Waals surface area (Å²) in [5.74, 6) is -0.745. The van der Waals surface area contributed by atoms with E-state index in [-0.39, 0.29) is 25.7 Å². The molecule has 3 rings (SSSR count). The van der Waals surface area contributed by atoms with Gasteiger partial charge in [0.15, 0.2) is 0 Å². The lowest BCUT2D eigenvalue weighted by atomic mass is 9.99. The number of benzene rings is 1. The lowest BCUT2D eigenvalue weighted by Crippen LogP contribution is -2.35. The number of rotatable bonds is 5. The van der Waals surface area contributed by atoms with Crippen molar-refractivity contribution < 1.29 is 15.4 Å². The second-order valence-electron chi connectivity index (χ2n) is 6.23. The van der Waals surface area contributed by atoms with Crippen molar-refractivity contribution in [3.8, 4) is 0 Å². The van der Waals surface area contributed by atoms with E-state index < -0.39 is 12.1 Å². The summed E-state index contributed by atoms with van der Waals surface area (Å²) in [5, 5.41) is 2.53. The number of nitrogens with zero attached hydrogens (tertiary/aromatic N) is 3. The predicted octanol–water partition coefficient (Wildman–Crippen LogP) is 3.59. The number of amides is 2. The van der Waals surface area contributed by atoms with Crippen LogP contribution in [0.5, 0.6) is 0 Å². The van der Waals surface area contributed by atoms with Gasteiger partial charge in [-0.3, -0.25) is 14.9 Å². The fourth-order valence-corrected chi connectivity index (χ4v) is 2.69. The number of likely N-dealkylation sites (N-methyl/N-ethyl adjacent to an activating group) is 1. The zero-order valence-corrected chi connectivity index (χ0v) is 16.1. The molecule has 1 fully saturated rings. The van der Waals surface area contributed by atoms with E-state index >= 15 is 0 Å². The van der Waals surface area contributed by atoms with Gasteiger partial charge in [-0.1, -0.05) is 31.5 Å². The molecule has 1 N–H and O–H groups in total. The van der Waals surface area contributed by atoms with Crippen molar-refractivity contribution in [2.75, 3.05) is 18.9 Å². The van der Waals surface area contributed by atoms with Crippen LogP contribution in [0.15, 0.2) is 36.7 Å². The van der Waals surface area contributed by atoms with Crippen molar-refractivity contribution in [3.05, 3.63) is 53.3 Å². The number of carbonyl (C=O) groups excluding carboxylic acids is 2. The van der Waals surface area contributed by atoms with E-state index in [4.69, 9.17) is 0 Å². The molecule has 2 amide bonds. The second-order valence-corrected chi connectivity index (χ2v) is 6.23. The van der Waals surface area contributed by atoms with Gasteiger partial charge in [0, 0.05) is 32.3 Å². The van der Waals surface area contributed by atoms with Crippen LogP contribution in [0.4, 0.5) is 10.3 Å². The van der Waals surface area contributed by atoms with Crippen molar-refractivity contribution in [2.24, 2.45) is 0 Å². The molecular weight excluding hydrogens is 347 g/mol. The molecule has 1 aromatic carbocycles. The minimum Gasteiger partial charge on any atom is -0.332 e. The van der Waals surface area contributed by atoms with Crippen LogP contribution in [0.3, 0.4) is 0 Å². The molecule has 1 aliphatic rings. The number of hydrogen-bond acceptors (Lipinski definition) is 4. The third-order valence-corrected chi connectivity index (χ3v) is 4.09. The Morgan fingerprint density at radius 1 is 1.30 bits per heavy atom. The number of aryl methyl sites for hydroxylation is 1. The minimum atomic E-state index is -0.891. The number of halogens is 1. The van der Waals surface area contributed by atoms with Crippen LogP contribution in [0, 0.1) is 6.92 Å². The molecule has 27 heavy (non-hydrogen) atoms. The van der Waals surface area contributed by atoms with Crippen molar-refractivity contribution in [3.63, 3.8) is 0 Å². The zero-order valence-electron chi connectivity index (χ0n) is 16.1. The highest BCUT2D eigenvalue weighted by Crippen LogP contribution is 2.45. The Morgan fingerprint density at radius 2 is 1.93 bits per heavy atom. The Morgan fingerprint density at radius 3 is 2.52 bits per heavy atom. The lowest BCUT2D eigenvalue weighted by molar-refractivity contribution is -0.116. The Labute approximate surface area is 160 Å². The molecule has 1 aliphatic carbocycles. The summed E-state index contributed by atoms with van der Waals surface area (Å²) < 4.78 is 13.5. The maximum atomic E-state index is 13.5. The Bertz CT molecular complexity index is 804. The van der Waals surface area contributed by atoms with Gasteiger partial charge in [0.1, 0.15) is 6.17 Å². The first-order chi connectivity index (χ1) is 13.0. The average Bonchev–Trinajstić information content (AvgIpc) is 3.40. The molecule has 0 bridgehead atoms. The molecule has 0 spiro atoms. The first-order valence-corrected chi connectivity index (χ1v) is 9.02. The van der Waals surface area contributed by atoms with Crippen LogP contribution in [0.25, 0.3) is 0 Å². The van der Waals surface area contributed by atoms with Gasteiger partial charge in [-0.25, -0.2) is 14.4 Å². The molecule has 6 nitrogen and oxygen atoms in total. The van der Waals surface area contributed by atoms with Crippen LogP contribution in [0.2, 0.25) is 0 Å². The standard InChI is InChI=1S/C18H19FN4O2.C2H6.H2/c1-11-4-5-12(13(8-11)14-9-15(14)19)17(25)23(2)10-16(24)22-18-20-6-3-7-21-18;1-2;/h3-8,14-15H,9-10H2,1-2H3,(H,20,21,22,24);1-2H3;1H/t14-,15+;;/m0../s1. The first-order valence-electron chi connectivity index (χ1n) is 9.02. The Kier molecular flexibility index (Phi) is 6.98. The van der Waals surface area contributed by atoms with E-state index in [2.05, 4.69) is 15.3 Å². The minimum absolute atomic E-state index is 0. The van der Waals surface area contributed by atoms with Gasteiger partial charge in [0.05, 0.1) is 6.54 Å². The molecule has 7 heteroatoms. The van der Waals surface area contributed by atoms with Gasteiger partial charge in [-0.05, 0) is 31.0 Å². The molecule has 0 saturated heterocycles. The summed E-state index contributed by atoms with van der Waals surface area (Å²) in [6, 6.07) is 7.01. The number of anilines is 1. The molecule has 1 aromatic heterocycles. The van der Waals surface area contributed by atoms with E-state index in [0.717, 1.165) is 11.1 Å². The van der Waals surface area contributed by atoms with E-state index in [9.17, 15) is 14.0 Å². The lowest BCUT2D eigenvalue weighted by Gasteiger charge is -2.19. The quantitative estimate of drug-likeness (QED) is 0.868. The van der Waals surface area contributed by atoms with Crippen LogP contribution < -0.4 is 5.32 Å². The normalized spacial score (nSPS) is 17.4. The second kappa shape index (κ2) is 9.21. The Balaban J connectivity index is 0.00000127. The smallest absolute Gasteiger partial charge is 0.254 e. The first kappa shape index (κ1) is 20.5. The molecule has 2 atom stereocenters. The number of nitrogens with one attached hydrogen (secondary N) is 1. The highest BCUT2D eigenvalue weighted by Gasteiger charge is 2.41. The summed E-state index contributed by atoms with van der Waals surface area (Å²) in [6.07, 6.45) is 2.58. The molecule has 0 aliphatic heterocycles. The van der Waals surface area contributed by atoms with Crippen molar-refractivity contribution >= 4 is 17.8 Å². The fraction of sp³-hybridized carbons (Fsp3) is 0.400. The molecule has 2 aromatic rings. The monoisotopic (exact) mass is 374 g/mol. The maximum absolute atomic E-state index is 13.5. The van der Waals surface area contributed by atoms with Crippen LogP contribution in [-0.4, -0.2) is 46.4 Å². The predicted molar refractivity (Wildman–Crippen MR) is 105 cm³/mol. The van der Waals surface area contributed by atoms with Crippen molar-refractivity contribution in [1.29, 1.82) is 0 Å². The Hall–Kier alpha value is -2.83. The molecular formula is C20H27FN4O2.